The average Bonchev–Trinajstić information content (AvgIpc) is 2.47. The molecule has 0 amide bonds. The minimum atomic E-state index is 0.142. The standard InChI is InChI=1S/C15H23N3O2S/c1-21-13-8-3-7-12(14(13)15(16)17-20)18(9-4-10-19)11-5-2-6-11/h3,7-8,11,19-20H,2,4-6,9-10H2,1H3,(H2,16,17). The van der Waals surface area contributed by atoms with Crippen LogP contribution in [0, 0.1) is 0 Å². The summed E-state index contributed by atoms with van der Waals surface area (Å²) in [6, 6.07) is 6.48. The number of nitrogens with two attached hydrogens (primary N) is 1. The van der Waals surface area contributed by atoms with E-state index in [0.29, 0.717) is 6.04 Å². The van der Waals surface area contributed by atoms with Crippen LogP contribution >= 0.6 is 11.8 Å². The third-order valence-electron chi connectivity index (χ3n) is 3.97. The van der Waals surface area contributed by atoms with Crippen LogP contribution in [0.5, 0.6) is 0 Å². The third-order valence-corrected chi connectivity index (χ3v) is 4.75. The number of rotatable bonds is 7. The first-order valence-corrected chi connectivity index (χ1v) is 8.47. The Morgan fingerprint density at radius 1 is 1.48 bits per heavy atom. The molecule has 1 saturated carbocycles. The van der Waals surface area contributed by atoms with Crippen LogP contribution < -0.4 is 10.6 Å². The monoisotopic (exact) mass is 309 g/mol. The van der Waals surface area contributed by atoms with Gasteiger partial charge in [-0.25, -0.2) is 0 Å². The van der Waals surface area contributed by atoms with Crippen molar-refractivity contribution in [2.24, 2.45) is 10.9 Å². The molecular weight excluding hydrogens is 286 g/mol. The van der Waals surface area contributed by atoms with Crippen molar-refractivity contribution in [2.45, 2.75) is 36.6 Å². The molecule has 1 aliphatic rings. The van der Waals surface area contributed by atoms with Crippen molar-refractivity contribution in [1.29, 1.82) is 0 Å². The predicted octanol–water partition coefficient (Wildman–Crippen LogP) is 2.24. The van der Waals surface area contributed by atoms with E-state index in [0.717, 1.165) is 42.0 Å². The quantitative estimate of drug-likeness (QED) is 0.237. The lowest BCUT2D eigenvalue weighted by Crippen LogP contribution is -2.42. The van der Waals surface area contributed by atoms with Crippen LogP contribution in [0.15, 0.2) is 28.3 Å². The lowest BCUT2D eigenvalue weighted by molar-refractivity contribution is 0.283. The molecule has 0 radical (unpaired) electrons. The fourth-order valence-corrected chi connectivity index (χ4v) is 3.30. The van der Waals surface area contributed by atoms with E-state index in [-0.39, 0.29) is 12.4 Å². The van der Waals surface area contributed by atoms with E-state index in [1.54, 1.807) is 11.8 Å². The van der Waals surface area contributed by atoms with Gasteiger partial charge in [-0.1, -0.05) is 11.2 Å². The van der Waals surface area contributed by atoms with Gasteiger partial charge in [0.1, 0.15) is 0 Å². The van der Waals surface area contributed by atoms with Crippen LogP contribution in [0.25, 0.3) is 0 Å². The molecule has 0 aromatic heterocycles. The lowest BCUT2D eigenvalue weighted by Gasteiger charge is -2.40. The van der Waals surface area contributed by atoms with E-state index in [4.69, 9.17) is 16.0 Å². The molecule has 116 valence electrons. The summed E-state index contributed by atoms with van der Waals surface area (Å²) in [5.74, 6) is 0.142. The van der Waals surface area contributed by atoms with Crippen LogP contribution in [0.3, 0.4) is 0 Å². The predicted molar refractivity (Wildman–Crippen MR) is 87.4 cm³/mol. The Bertz CT molecular complexity index is 504. The highest BCUT2D eigenvalue weighted by Crippen LogP contribution is 2.35. The Labute approximate surface area is 129 Å². The van der Waals surface area contributed by atoms with Gasteiger partial charge < -0.3 is 20.9 Å². The smallest absolute Gasteiger partial charge is 0.173 e. The molecule has 6 heteroatoms. The van der Waals surface area contributed by atoms with Gasteiger partial charge in [-0.15, -0.1) is 11.8 Å². The van der Waals surface area contributed by atoms with Gasteiger partial charge in [-0.2, -0.15) is 0 Å². The first-order chi connectivity index (χ1) is 10.2. The fraction of sp³-hybridized carbons (Fsp3) is 0.533. The largest absolute Gasteiger partial charge is 0.409 e. The van der Waals surface area contributed by atoms with Gasteiger partial charge in [0.25, 0.3) is 0 Å². The van der Waals surface area contributed by atoms with Crippen LogP contribution in [-0.2, 0) is 0 Å². The number of amidine groups is 1. The molecule has 0 bridgehead atoms. The van der Waals surface area contributed by atoms with E-state index >= 15 is 0 Å². The number of thioether (sulfide) groups is 1. The zero-order chi connectivity index (χ0) is 15.2. The fourth-order valence-electron chi connectivity index (χ4n) is 2.68. The summed E-state index contributed by atoms with van der Waals surface area (Å²) < 4.78 is 0. The maximum atomic E-state index is 9.14. The SMILES string of the molecule is CSc1cccc(N(CCCO)C2CCC2)c1/C(N)=N/O. The van der Waals surface area contributed by atoms with Gasteiger partial charge >= 0.3 is 0 Å². The molecule has 1 fully saturated rings. The molecule has 1 aliphatic carbocycles. The van der Waals surface area contributed by atoms with Crippen molar-refractivity contribution in [3.63, 3.8) is 0 Å². The van der Waals surface area contributed by atoms with Crippen molar-refractivity contribution in [3.05, 3.63) is 23.8 Å². The molecule has 0 atom stereocenters. The summed E-state index contributed by atoms with van der Waals surface area (Å²) in [7, 11) is 0. The minimum Gasteiger partial charge on any atom is -0.409 e. The Hall–Kier alpha value is -1.40. The average molecular weight is 309 g/mol. The molecule has 0 unspecified atom stereocenters. The topological polar surface area (TPSA) is 82.1 Å². The number of benzene rings is 1. The molecule has 21 heavy (non-hydrogen) atoms. The maximum absolute atomic E-state index is 9.14. The molecule has 5 nitrogen and oxygen atoms in total. The minimum absolute atomic E-state index is 0.142. The van der Waals surface area contributed by atoms with E-state index in [1.807, 2.05) is 24.5 Å². The van der Waals surface area contributed by atoms with E-state index in [1.165, 1.54) is 6.42 Å². The Kier molecular flexibility index (Phi) is 5.76. The van der Waals surface area contributed by atoms with Crippen molar-refractivity contribution in [2.75, 3.05) is 24.3 Å². The number of nitrogens with zero attached hydrogens (tertiary/aromatic N) is 2. The molecule has 2 rings (SSSR count). The van der Waals surface area contributed by atoms with E-state index in [2.05, 4.69) is 10.1 Å². The molecule has 0 spiro atoms. The van der Waals surface area contributed by atoms with Gasteiger partial charge in [0, 0.05) is 29.8 Å². The highest BCUT2D eigenvalue weighted by molar-refractivity contribution is 7.98. The van der Waals surface area contributed by atoms with E-state index in [9.17, 15) is 0 Å². The molecule has 1 aromatic rings. The molecule has 0 saturated heterocycles. The second-order valence-corrected chi connectivity index (χ2v) is 6.04. The second-order valence-electron chi connectivity index (χ2n) is 5.19. The van der Waals surface area contributed by atoms with Crippen molar-refractivity contribution >= 4 is 23.3 Å². The zero-order valence-corrected chi connectivity index (χ0v) is 13.1. The van der Waals surface area contributed by atoms with Gasteiger partial charge in [0.05, 0.1) is 5.56 Å². The van der Waals surface area contributed by atoms with Crippen LogP contribution in [0.1, 0.15) is 31.2 Å². The number of oxime groups is 1. The summed E-state index contributed by atoms with van der Waals surface area (Å²) in [4.78, 5) is 3.29. The first-order valence-electron chi connectivity index (χ1n) is 7.25. The summed E-state index contributed by atoms with van der Waals surface area (Å²) in [6.07, 6.45) is 6.25. The number of aliphatic hydroxyl groups is 1. The van der Waals surface area contributed by atoms with E-state index < -0.39 is 0 Å². The molecule has 4 N–H and O–H groups in total. The molecular formula is C15H23N3O2S. The van der Waals surface area contributed by atoms with Crippen molar-refractivity contribution in [1.82, 2.24) is 0 Å². The Morgan fingerprint density at radius 3 is 2.76 bits per heavy atom. The van der Waals surface area contributed by atoms with Gasteiger partial charge in [0.15, 0.2) is 5.84 Å². The van der Waals surface area contributed by atoms with Gasteiger partial charge in [-0.3, -0.25) is 0 Å². The Balaban J connectivity index is 2.42. The van der Waals surface area contributed by atoms with Gasteiger partial charge in [0.2, 0.25) is 0 Å². The molecule has 0 heterocycles. The summed E-state index contributed by atoms with van der Waals surface area (Å²) in [5, 5.41) is 21.4. The Morgan fingerprint density at radius 2 is 2.24 bits per heavy atom. The number of hydrogen-bond donors (Lipinski definition) is 3. The summed E-state index contributed by atoms with van der Waals surface area (Å²) in [5.41, 5.74) is 7.69. The summed E-state index contributed by atoms with van der Waals surface area (Å²) in [6.45, 7) is 0.953. The number of hydrogen-bond acceptors (Lipinski definition) is 5. The summed E-state index contributed by atoms with van der Waals surface area (Å²) >= 11 is 1.58. The normalized spacial score (nSPS) is 15.8. The van der Waals surface area contributed by atoms with Crippen LogP contribution in [0.4, 0.5) is 5.69 Å². The van der Waals surface area contributed by atoms with Gasteiger partial charge in [-0.05, 0) is 44.1 Å². The highest BCUT2D eigenvalue weighted by Gasteiger charge is 2.27. The zero-order valence-electron chi connectivity index (χ0n) is 12.3. The maximum Gasteiger partial charge on any atom is 0.173 e. The number of anilines is 1. The third kappa shape index (κ3) is 3.44. The number of aliphatic hydroxyl groups excluding tert-OH is 1. The van der Waals surface area contributed by atoms with Crippen LogP contribution in [-0.4, -0.2) is 41.6 Å². The highest BCUT2D eigenvalue weighted by atomic mass is 32.2. The van der Waals surface area contributed by atoms with Crippen molar-refractivity contribution in [3.8, 4) is 0 Å². The molecule has 0 aliphatic heterocycles. The van der Waals surface area contributed by atoms with Crippen molar-refractivity contribution < 1.29 is 10.3 Å². The first kappa shape index (κ1) is 16.0. The lowest BCUT2D eigenvalue weighted by atomic mass is 9.90. The molecule has 1 aromatic carbocycles. The second kappa shape index (κ2) is 7.56. The van der Waals surface area contributed by atoms with Crippen LogP contribution in [0.2, 0.25) is 0 Å².